The van der Waals surface area contributed by atoms with Crippen molar-refractivity contribution in [2.45, 2.75) is 31.3 Å². The maximum absolute atomic E-state index is 12.8. The lowest BCUT2D eigenvalue weighted by atomic mass is 10.1. The average molecular weight is 455 g/mol. The minimum absolute atomic E-state index is 0.0401. The van der Waals surface area contributed by atoms with Gasteiger partial charge in [-0.25, -0.2) is 4.98 Å². The molecule has 33 heavy (non-hydrogen) atoms. The lowest BCUT2D eigenvalue weighted by Crippen LogP contribution is -2.35. The van der Waals surface area contributed by atoms with Gasteiger partial charge in [0.2, 0.25) is 0 Å². The molecule has 1 aliphatic rings. The number of nitrogens with one attached hydrogen (secondary N) is 1. The zero-order valence-corrected chi connectivity index (χ0v) is 19.4. The summed E-state index contributed by atoms with van der Waals surface area (Å²) in [5.41, 5.74) is 5.82. The second-order valence-electron chi connectivity index (χ2n) is 8.18. The molecule has 0 unspecified atom stereocenters. The van der Waals surface area contributed by atoms with Crippen LogP contribution in [0.15, 0.2) is 82.6 Å². The van der Waals surface area contributed by atoms with Crippen LogP contribution in [0.5, 0.6) is 0 Å². The van der Waals surface area contributed by atoms with Crippen molar-refractivity contribution in [3.05, 3.63) is 100 Å². The Hall–Kier alpha value is -3.22. The number of pyridine rings is 1. The molecule has 0 saturated carbocycles. The molecule has 0 radical (unpaired) electrons. The van der Waals surface area contributed by atoms with E-state index in [0.29, 0.717) is 12.4 Å². The highest BCUT2D eigenvalue weighted by molar-refractivity contribution is 7.99. The van der Waals surface area contributed by atoms with E-state index in [9.17, 15) is 4.79 Å². The van der Waals surface area contributed by atoms with E-state index in [2.05, 4.69) is 58.2 Å². The lowest BCUT2D eigenvalue weighted by Gasteiger charge is -2.27. The van der Waals surface area contributed by atoms with Gasteiger partial charge in [-0.3, -0.25) is 14.7 Å². The van der Waals surface area contributed by atoms with Crippen molar-refractivity contribution in [1.29, 1.82) is 0 Å². The van der Waals surface area contributed by atoms with Crippen LogP contribution in [0.25, 0.3) is 22.6 Å². The highest BCUT2D eigenvalue weighted by Crippen LogP contribution is 2.24. The van der Waals surface area contributed by atoms with Gasteiger partial charge in [-0.2, -0.15) is 0 Å². The molecule has 5 nitrogen and oxygen atoms in total. The summed E-state index contributed by atoms with van der Waals surface area (Å²) < 4.78 is 0. The third-order valence-electron chi connectivity index (χ3n) is 5.89. The van der Waals surface area contributed by atoms with Gasteiger partial charge >= 0.3 is 0 Å². The molecule has 166 valence electrons. The van der Waals surface area contributed by atoms with Crippen LogP contribution in [0.3, 0.4) is 0 Å². The Balaban J connectivity index is 1.27. The summed E-state index contributed by atoms with van der Waals surface area (Å²) in [4.78, 5) is 28.8. The maximum atomic E-state index is 12.8. The number of benzene rings is 2. The number of thioether (sulfide) groups is 1. The van der Waals surface area contributed by atoms with Crippen LogP contribution in [0, 0.1) is 0 Å². The van der Waals surface area contributed by atoms with Crippen LogP contribution in [0.1, 0.15) is 23.7 Å². The summed E-state index contributed by atoms with van der Waals surface area (Å²) in [6, 6.07) is 22.6. The molecule has 0 atom stereocenters. The van der Waals surface area contributed by atoms with Gasteiger partial charge in [0.25, 0.3) is 5.56 Å². The van der Waals surface area contributed by atoms with Crippen molar-refractivity contribution in [2.75, 3.05) is 12.3 Å². The van der Waals surface area contributed by atoms with Gasteiger partial charge in [0.15, 0.2) is 0 Å². The van der Waals surface area contributed by atoms with Crippen LogP contribution < -0.4 is 5.56 Å². The van der Waals surface area contributed by atoms with Crippen molar-refractivity contribution in [3.8, 4) is 22.6 Å². The third kappa shape index (κ3) is 4.92. The van der Waals surface area contributed by atoms with Crippen molar-refractivity contribution in [1.82, 2.24) is 19.9 Å². The predicted molar refractivity (Wildman–Crippen MR) is 134 cm³/mol. The zero-order valence-electron chi connectivity index (χ0n) is 18.6. The monoisotopic (exact) mass is 454 g/mol. The first-order valence-corrected chi connectivity index (χ1v) is 12.3. The summed E-state index contributed by atoms with van der Waals surface area (Å²) in [6.07, 6.45) is 2.72. The Bertz CT molecular complexity index is 1280. The summed E-state index contributed by atoms with van der Waals surface area (Å²) >= 11 is 1.84. The highest BCUT2D eigenvalue weighted by Gasteiger charge is 2.21. The van der Waals surface area contributed by atoms with Gasteiger partial charge in [-0.1, -0.05) is 55.5 Å². The molecule has 1 N–H and O–H groups in total. The number of aromatic amines is 1. The van der Waals surface area contributed by atoms with Crippen LogP contribution in [0.2, 0.25) is 0 Å². The van der Waals surface area contributed by atoms with Gasteiger partial charge in [-0.05, 0) is 29.5 Å². The standard InChI is InChI=1S/C27H26N4OS/c1-2-33-22-11-9-20(10-12-22)24-13-8-19(16-28-24)17-31-15-14-25-23(18-31)27(32)30-26(29-25)21-6-4-3-5-7-21/h3-13,16H,2,14-15,17-18H2,1H3,(H,29,30,32). The largest absolute Gasteiger partial charge is 0.306 e. The number of hydrogen-bond acceptors (Lipinski definition) is 5. The summed E-state index contributed by atoms with van der Waals surface area (Å²) in [5.74, 6) is 1.72. The van der Waals surface area contributed by atoms with Crippen LogP contribution >= 0.6 is 11.8 Å². The summed E-state index contributed by atoms with van der Waals surface area (Å²) in [5, 5.41) is 0. The molecule has 0 fully saturated rings. The van der Waals surface area contributed by atoms with Gasteiger partial charge in [0.05, 0.1) is 17.0 Å². The third-order valence-corrected chi connectivity index (χ3v) is 6.78. The first-order chi connectivity index (χ1) is 16.2. The van der Waals surface area contributed by atoms with Crippen LogP contribution in [-0.2, 0) is 19.5 Å². The van der Waals surface area contributed by atoms with Crippen molar-refractivity contribution in [2.24, 2.45) is 0 Å². The molecule has 0 bridgehead atoms. The average Bonchev–Trinajstić information content (AvgIpc) is 2.86. The molecule has 0 amide bonds. The molecular weight excluding hydrogens is 428 g/mol. The van der Waals surface area contributed by atoms with Crippen molar-refractivity contribution >= 4 is 11.8 Å². The molecule has 4 aromatic rings. The smallest absolute Gasteiger partial charge is 0.255 e. The lowest BCUT2D eigenvalue weighted by molar-refractivity contribution is 0.241. The molecular formula is C27H26N4OS. The fraction of sp³-hybridized carbons (Fsp3) is 0.222. The number of hydrogen-bond donors (Lipinski definition) is 1. The molecule has 0 aliphatic carbocycles. The first-order valence-electron chi connectivity index (χ1n) is 11.3. The van der Waals surface area contributed by atoms with E-state index in [-0.39, 0.29) is 5.56 Å². The Morgan fingerprint density at radius 2 is 1.82 bits per heavy atom. The number of H-pyrrole nitrogens is 1. The molecule has 0 saturated heterocycles. The quantitative estimate of drug-likeness (QED) is 0.407. The number of aromatic nitrogens is 3. The predicted octanol–water partition coefficient (Wildman–Crippen LogP) is 5.17. The van der Waals surface area contributed by atoms with E-state index in [1.165, 1.54) is 4.90 Å². The Kier molecular flexibility index (Phi) is 6.37. The second kappa shape index (κ2) is 9.73. The van der Waals surface area contributed by atoms with E-state index in [4.69, 9.17) is 4.98 Å². The molecule has 1 aliphatic heterocycles. The van der Waals surface area contributed by atoms with Gasteiger partial charge in [0, 0.05) is 48.3 Å². The molecule has 6 heteroatoms. The molecule has 0 spiro atoms. The minimum atomic E-state index is -0.0401. The molecule has 3 heterocycles. The normalized spacial score (nSPS) is 13.6. The Labute approximate surface area is 197 Å². The first kappa shape index (κ1) is 21.6. The number of rotatable bonds is 6. The second-order valence-corrected chi connectivity index (χ2v) is 9.51. The van der Waals surface area contributed by atoms with Gasteiger partial charge in [0.1, 0.15) is 5.82 Å². The fourth-order valence-electron chi connectivity index (χ4n) is 4.18. The van der Waals surface area contributed by atoms with Crippen molar-refractivity contribution < 1.29 is 0 Å². The molecule has 2 aromatic carbocycles. The van der Waals surface area contributed by atoms with Gasteiger partial charge < -0.3 is 4.98 Å². The zero-order chi connectivity index (χ0) is 22.6. The molecule has 5 rings (SSSR count). The van der Waals surface area contributed by atoms with E-state index in [1.807, 2.05) is 48.3 Å². The van der Waals surface area contributed by atoms with E-state index in [0.717, 1.165) is 58.9 Å². The number of nitrogens with zero attached hydrogens (tertiary/aromatic N) is 3. The van der Waals surface area contributed by atoms with E-state index >= 15 is 0 Å². The topological polar surface area (TPSA) is 61.9 Å². The van der Waals surface area contributed by atoms with Crippen LogP contribution in [0.4, 0.5) is 0 Å². The highest BCUT2D eigenvalue weighted by atomic mass is 32.2. The molecule has 2 aromatic heterocycles. The van der Waals surface area contributed by atoms with Crippen LogP contribution in [-0.4, -0.2) is 32.1 Å². The fourth-order valence-corrected chi connectivity index (χ4v) is 4.85. The van der Waals surface area contributed by atoms with Crippen molar-refractivity contribution in [3.63, 3.8) is 0 Å². The van der Waals surface area contributed by atoms with E-state index < -0.39 is 0 Å². The summed E-state index contributed by atoms with van der Waals surface area (Å²) in [7, 11) is 0. The maximum Gasteiger partial charge on any atom is 0.255 e. The summed E-state index contributed by atoms with van der Waals surface area (Å²) in [6.45, 7) is 4.40. The Morgan fingerprint density at radius 1 is 1.00 bits per heavy atom. The van der Waals surface area contributed by atoms with Gasteiger partial charge in [-0.15, -0.1) is 11.8 Å². The number of fused-ring (bicyclic) bond motifs is 1. The minimum Gasteiger partial charge on any atom is -0.306 e. The SMILES string of the molecule is CCSc1ccc(-c2ccc(CN3CCc4nc(-c5ccccc5)[nH]c(=O)c4C3)cn2)cc1. The Morgan fingerprint density at radius 3 is 2.55 bits per heavy atom. The van der Waals surface area contributed by atoms with E-state index in [1.54, 1.807) is 0 Å².